The number of likely N-dealkylation sites (tertiary alicyclic amines) is 1. The summed E-state index contributed by atoms with van der Waals surface area (Å²) in [5.41, 5.74) is 3.73. The summed E-state index contributed by atoms with van der Waals surface area (Å²) < 4.78 is 13.7. The van der Waals surface area contributed by atoms with E-state index in [9.17, 15) is 9.18 Å². The minimum absolute atomic E-state index is 0. The molecule has 0 unspecified atom stereocenters. The Bertz CT molecular complexity index is 887. The van der Waals surface area contributed by atoms with Crippen LogP contribution in [0.5, 0.6) is 0 Å². The van der Waals surface area contributed by atoms with Gasteiger partial charge in [-0.3, -0.25) is 4.79 Å². The number of guanidine groups is 1. The van der Waals surface area contributed by atoms with E-state index in [0.29, 0.717) is 37.6 Å². The highest BCUT2D eigenvalue weighted by Gasteiger charge is 2.19. The molecule has 162 valence electrons. The number of hydrogen-bond acceptors (Lipinski definition) is 2. The molecule has 1 saturated heterocycles. The number of carbonyl (C=O) groups excluding carboxylic acids is 1. The Hall–Kier alpha value is -2.16. The Morgan fingerprint density at radius 3 is 2.63 bits per heavy atom. The molecule has 5 nitrogen and oxygen atoms in total. The van der Waals surface area contributed by atoms with Crippen molar-refractivity contribution in [3.63, 3.8) is 0 Å². The standard InChI is InChI=1S/C23H29FN4O.HI/c1-3-25-23(27-15-19-10-9-17(2)21(24)13-19)26-14-18-6-4-7-20(12-18)16-28-11-5-8-22(28)29;/h4,6-7,9-10,12-13H,3,5,8,11,14-16H2,1-2H3,(H2,25,26,27);1H. The van der Waals surface area contributed by atoms with Crippen LogP contribution in [0.1, 0.15) is 42.0 Å². The van der Waals surface area contributed by atoms with Gasteiger partial charge in [0.2, 0.25) is 5.91 Å². The predicted octanol–water partition coefficient (Wildman–Crippen LogP) is 4.13. The van der Waals surface area contributed by atoms with Crippen LogP contribution in [-0.2, 0) is 24.4 Å². The Morgan fingerprint density at radius 2 is 1.93 bits per heavy atom. The fourth-order valence-corrected chi connectivity index (χ4v) is 3.36. The number of halogens is 2. The zero-order valence-electron chi connectivity index (χ0n) is 17.6. The maximum Gasteiger partial charge on any atom is 0.222 e. The summed E-state index contributed by atoms with van der Waals surface area (Å²) in [6.45, 7) is 7.04. The maximum atomic E-state index is 13.7. The Morgan fingerprint density at radius 1 is 1.13 bits per heavy atom. The van der Waals surface area contributed by atoms with Gasteiger partial charge in [-0.1, -0.05) is 36.4 Å². The van der Waals surface area contributed by atoms with Crippen molar-refractivity contribution in [2.24, 2.45) is 4.99 Å². The molecule has 1 amide bonds. The van der Waals surface area contributed by atoms with Crippen molar-refractivity contribution >= 4 is 35.8 Å². The molecule has 3 rings (SSSR count). The van der Waals surface area contributed by atoms with Crippen molar-refractivity contribution in [1.29, 1.82) is 0 Å². The smallest absolute Gasteiger partial charge is 0.222 e. The van der Waals surface area contributed by atoms with Gasteiger partial charge in [-0.05, 0) is 48.6 Å². The molecule has 1 aliphatic heterocycles. The second-order valence-corrected chi connectivity index (χ2v) is 7.37. The molecular formula is C23H30FIN4O. The van der Waals surface area contributed by atoms with E-state index in [1.165, 1.54) is 0 Å². The van der Waals surface area contributed by atoms with Crippen molar-refractivity contribution in [1.82, 2.24) is 15.5 Å². The molecule has 0 radical (unpaired) electrons. The van der Waals surface area contributed by atoms with Gasteiger partial charge in [0.05, 0.1) is 6.54 Å². The van der Waals surface area contributed by atoms with Gasteiger partial charge in [-0.2, -0.15) is 0 Å². The van der Waals surface area contributed by atoms with Gasteiger partial charge in [-0.15, -0.1) is 24.0 Å². The van der Waals surface area contributed by atoms with Crippen molar-refractivity contribution in [2.45, 2.75) is 46.3 Å². The number of rotatable bonds is 7. The summed E-state index contributed by atoms with van der Waals surface area (Å²) in [6, 6.07) is 13.5. The fourth-order valence-electron chi connectivity index (χ4n) is 3.36. The number of benzene rings is 2. The number of carbonyl (C=O) groups is 1. The number of nitrogens with zero attached hydrogens (tertiary/aromatic N) is 2. The molecule has 0 aliphatic carbocycles. The highest BCUT2D eigenvalue weighted by Crippen LogP contribution is 2.15. The minimum atomic E-state index is -0.195. The lowest BCUT2D eigenvalue weighted by Gasteiger charge is -2.16. The normalized spacial score (nSPS) is 13.9. The van der Waals surface area contributed by atoms with E-state index < -0.39 is 0 Å². The van der Waals surface area contributed by atoms with Crippen LogP contribution < -0.4 is 10.6 Å². The first-order chi connectivity index (χ1) is 14.0. The molecule has 1 fully saturated rings. The molecule has 1 heterocycles. The summed E-state index contributed by atoms with van der Waals surface area (Å²) in [6.07, 6.45) is 1.61. The Balaban J connectivity index is 0.00000320. The van der Waals surface area contributed by atoms with Crippen LogP contribution in [0.3, 0.4) is 0 Å². The van der Waals surface area contributed by atoms with Crippen molar-refractivity contribution in [2.75, 3.05) is 13.1 Å². The molecule has 1 aliphatic rings. The summed E-state index contributed by atoms with van der Waals surface area (Å²) in [7, 11) is 0. The monoisotopic (exact) mass is 524 g/mol. The van der Waals surface area contributed by atoms with Gasteiger partial charge in [0.25, 0.3) is 0 Å². The molecule has 0 aromatic heterocycles. The molecular weight excluding hydrogens is 494 g/mol. The number of nitrogens with one attached hydrogen (secondary N) is 2. The van der Waals surface area contributed by atoms with Crippen LogP contribution in [0.2, 0.25) is 0 Å². The van der Waals surface area contributed by atoms with Crippen LogP contribution in [0.25, 0.3) is 0 Å². The third-order valence-corrected chi connectivity index (χ3v) is 5.00. The van der Waals surface area contributed by atoms with E-state index in [0.717, 1.165) is 36.2 Å². The molecule has 2 aromatic rings. The largest absolute Gasteiger partial charge is 0.357 e. The second kappa shape index (κ2) is 11.9. The average Bonchev–Trinajstić information content (AvgIpc) is 3.11. The van der Waals surface area contributed by atoms with Gasteiger partial charge in [0.1, 0.15) is 5.82 Å². The molecule has 0 saturated carbocycles. The summed E-state index contributed by atoms with van der Waals surface area (Å²) >= 11 is 0. The molecule has 7 heteroatoms. The van der Waals surface area contributed by atoms with E-state index >= 15 is 0 Å². The number of hydrogen-bond donors (Lipinski definition) is 2. The molecule has 0 spiro atoms. The highest BCUT2D eigenvalue weighted by atomic mass is 127. The lowest BCUT2D eigenvalue weighted by atomic mass is 10.1. The quantitative estimate of drug-likeness (QED) is 0.326. The Labute approximate surface area is 195 Å². The summed E-state index contributed by atoms with van der Waals surface area (Å²) in [5.74, 6) is 0.729. The van der Waals surface area contributed by atoms with Gasteiger partial charge >= 0.3 is 0 Å². The van der Waals surface area contributed by atoms with Crippen LogP contribution in [-0.4, -0.2) is 29.9 Å². The molecule has 30 heavy (non-hydrogen) atoms. The zero-order valence-corrected chi connectivity index (χ0v) is 19.9. The number of aryl methyl sites for hydroxylation is 1. The molecule has 2 aromatic carbocycles. The van der Waals surface area contributed by atoms with Crippen molar-refractivity contribution in [3.05, 3.63) is 70.5 Å². The van der Waals surface area contributed by atoms with E-state index in [1.54, 1.807) is 19.1 Å². The van der Waals surface area contributed by atoms with E-state index in [1.807, 2.05) is 36.1 Å². The third-order valence-electron chi connectivity index (χ3n) is 5.00. The molecule has 2 N–H and O–H groups in total. The van der Waals surface area contributed by atoms with E-state index in [2.05, 4.69) is 21.7 Å². The lowest BCUT2D eigenvalue weighted by Crippen LogP contribution is -2.36. The van der Waals surface area contributed by atoms with Gasteiger partial charge < -0.3 is 15.5 Å². The second-order valence-electron chi connectivity index (χ2n) is 7.37. The van der Waals surface area contributed by atoms with Crippen LogP contribution in [0.4, 0.5) is 4.39 Å². The van der Waals surface area contributed by atoms with Crippen molar-refractivity contribution < 1.29 is 9.18 Å². The van der Waals surface area contributed by atoms with Crippen molar-refractivity contribution in [3.8, 4) is 0 Å². The topological polar surface area (TPSA) is 56.7 Å². The van der Waals surface area contributed by atoms with E-state index in [-0.39, 0.29) is 35.7 Å². The molecule has 0 atom stereocenters. The van der Waals surface area contributed by atoms with E-state index in [4.69, 9.17) is 0 Å². The summed E-state index contributed by atoms with van der Waals surface area (Å²) in [4.78, 5) is 18.4. The maximum absolute atomic E-state index is 13.7. The molecule has 0 bridgehead atoms. The fraction of sp³-hybridized carbons (Fsp3) is 0.391. The first kappa shape index (κ1) is 24.1. The first-order valence-electron chi connectivity index (χ1n) is 10.2. The van der Waals surface area contributed by atoms with Crippen LogP contribution >= 0.6 is 24.0 Å². The lowest BCUT2D eigenvalue weighted by molar-refractivity contribution is -0.128. The Kier molecular flexibility index (Phi) is 9.55. The predicted molar refractivity (Wildman–Crippen MR) is 129 cm³/mol. The summed E-state index contributed by atoms with van der Waals surface area (Å²) in [5, 5.41) is 6.47. The average molecular weight is 524 g/mol. The SMILES string of the molecule is CCNC(=NCc1cccc(CN2CCCC2=O)c1)NCc1ccc(C)c(F)c1.I. The zero-order chi connectivity index (χ0) is 20.6. The number of aliphatic imine (C=N–C) groups is 1. The van der Waals surface area contributed by atoms with Crippen LogP contribution in [0.15, 0.2) is 47.5 Å². The van der Waals surface area contributed by atoms with Gasteiger partial charge in [-0.25, -0.2) is 9.38 Å². The third kappa shape index (κ3) is 6.97. The van der Waals surface area contributed by atoms with Gasteiger partial charge in [0, 0.05) is 32.6 Å². The number of amides is 1. The highest BCUT2D eigenvalue weighted by molar-refractivity contribution is 14.0. The van der Waals surface area contributed by atoms with Crippen LogP contribution in [0, 0.1) is 12.7 Å². The first-order valence-corrected chi connectivity index (χ1v) is 10.2. The van der Waals surface area contributed by atoms with Gasteiger partial charge in [0.15, 0.2) is 5.96 Å². The minimum Gasteiger partial charge on any atom is -0.357 e.